The largest absolute Gasteiger partial charge is 0.462 e. The maximum Gasteiger partial charge on any atom is 0.306 e. The van der Waals surface area contributed by atoms with E-state index in [0.29, 0.717) is 19.3 Å². The Balaban J connectivity index is 4.47. The van der Waals surface area contributed by atoms with Crippen LogP contribution in [0, 0.1) is 0 Å². The molecule has 0 spiro atoms. The van der Waals surface area contributed by atoms with Gasteiger partial charge in [0.25, 0.3) is 0 Å². The number of allylic oxidation sites excluding steroid dienone is 12. The van der Waals surface area contributed by atoms with Crippen LogP contribution in [0.1, 0.15) is 207 Å². The SMILES string of the molecule is CCCC/C=C\CCCCCCCC(=O)OC(COC(=O)CCC/C=C\C/C=C\C/C=C\C/C=C\CCCCC)COC(=O)CCCCCC/C=C\CCCC. The lowest BCUT2D eigenvalue weighted by Crippen LogP contribution is -2.30. The summed E-state index contributed by atoms with van der Waals surface area (Å²) in [5, 5.41) is 0. The first-order valence-corrected chi connectivity index (χ1v) is 22.9. The molecule has 0 heterocycles. The first-order chi connectivity index (χ1) is 27.5. The first kappa shape index (κ1) is 52.9. The third-order valence-electron chi connectivity index (χ3n) is 9.40. The van der Waals surface area contributed by atoms with Gasteiger partial charge in [0.2, 0.25) is 0 Å². The zero-order valence-electron chi connectivity index (χ0n) is 36.4. The Kier molecular flexibility index (Phi) is 42.1. The second-order valence-corrected chi connectivity index (χ2v) is 14.9. The molecule has 320 valence electrons. The van der Waals surface area contributed by atoms with Crippen LogP contribution in [-0.2, 0) is 28.6 Å². The van der Waals surface area contributed by atoms with Gasteiger partial charge in [0.15, 0.2) is 6.10 Å². The number of carbonyl (C=O) groups excluding carboxylic acids is 3. The monoisotopic (exact) mass is 781 g/mol. The van der Waals surface area contributed by atoms with Gasteiger partial charge in [0.1, 0.15) is 13.2 Å². The van der Waals surface area contributed by atoms with Gasteiger partial charge < -0.3 is 14.2 Å². The minimum atomic E-state index is -0.803. The summed E-state index contributed by atoms with van der Waals surface area (Å²) in [4.78, 5) is 37.7. The molecule has 0 aliphatic rings. The maximum absolute atomic E-state index is 12.7. The molecule has 0 aliphatic heterocycles. The molecule has 1 unspecified atom stereocenters. The molecule has 0 radical (unpaired) electrons. The van der Waals surface area contributed by atoms with E-state index in [1.807, 2.05) is 0 Å². The van der Waals surface area contributed by atoms with E-state index in [-0.39, 0.29) is 37.5 Å². The summed E-state index contributed by atoms with van der Waals surface area (Å²) >= 11 is 0. The third kappa shape index (κ3) is 42.0. The fourth-order valence-electron chi connectivity index (χ4n) is 5.86. The molecule has 0 aromatic heterocycles. The van der Waals surface area contributed by atoms with E-state index in [1.165, 1.54) is 64.2 Å². The van der Waals surface area contributed by atoms with E-state index in [1.54, 1.807) is 0 Å². The highest BCUT2D eigenvalue weighted by Gasteiger charge is 2.19. The molecule has 1 atom stereocenters. The zero-order valence-corrected chi connectivity index (χ0v) is 36.4. The molecule has 0 fully saturated rings. The molecule has 0 rings (SSSR count). The molecule has 0 bridgehead atoms. The van der Waals surface area contributed by atoms with Gasteiger partial charge in [-0.2, -0.15) is 0 Å². The van der Waals surface area contributed by atoms with Crippen molar-refractivity contribution in [1.29, 1.82) is 0 Å². The van der Waals surface area contributed by atoms with Crippen molar-refractivity contribution in [2.24, 2.45) is 0 Å². The minimum Gasteiger partial charge on any atom is -0.462 e. The van der Waals surface area contributed by atoms with Crippen molar-refractivity contribution in [3.8, 4) is 0 Å². The van der Waals surface area contributed by atoms with Crippen molar-refractivity contribution in [3.63, 3.8) is 0 Å². The van der Waals surface area contributed by atoms with Crippen LogP contribution < -0.4 is 0 Å². The van der Waals surface area contributed by atoms with E-state index in [2.05, 4.69) is 93.7 Å². The lowest BCUT2D eigenvalue weighted by molar-refractivity contribution is -0.167. The third-order valence-corrected chi connectivity index (χ3v) is 9.40. The number of esters is 3. The molecule has 0 saturated carbocycles. The summed E-state index contributed by atoms with van der Waals surface area (Å²) in [6.07, 6.45) is 54.6. The predicted octanol–water partition coefficient (Wildman–Crippen LogP) is 14.7. The number of ether oxygens (including phenoxy) is 3. The average molecular weight is 781 g/mol. The molecule has 6 heteroatoms. The van der Waals surface area contributed by atoms with Crippen LogP contribution in [0.3, 0.4) is 0 Å². The second kappa shape index (κ2) is 44.6. The first-order valence-electron chi connectivity index (χ1n) is 22.9. The van der Waals surface area contributed by atoms with Gasteiger partial charge in [-0.15, -0.1) is 0 Å². The lowest BCUT2D eigenvalue weighted by Gasteiger charge is -2.18. The molecule has 0 aromatic rings. The van der Waals surface area contributed by atoms with Gasteiger partial charge in [-0.25, -0.2) is 0 Å². The molecular weight excluding hydrogens is 697 g/mol. The Hall–Kier alpha value is -3.15. The summed E-state index contributed by atoms with van der Waals surface area (Å²) in [5.41, 5.74) is 0. The van der Waals surface area contributed by atoms with Crippen LogP contribution in [-0.4, -0.2) is 37.2 Å². The van der Waals surface area contributed by atoms with Crippen LogP contribution in [0.25, 0.3) is 0 Å². The van der Waals surface area contributed by atoms with E-state index < -0.39 is 6.10 Å². The number of hydrogen-bond donors (Lipinski definition) is 0. The van der Waals surface area contributed by atoms with Crippen molar-refractivity contribution in [2.75, 3.05) is 13.2 Å². The van der Waals surface area contributed by atoms with E-state index in [9.17, 15) is 14.4 Å². The van der Waals surface area contributed by atoms with Crippen molar-refractivity contribution >= 4 is 17.9 Å². The van der Waals surface area contributed by atoms with Crippen molar-refractivity contribution in [3.05, 3.63) is 72.9 Å². The molecule has 6 nitrogen and oxygen atoms in total. The van der Waals surface area contributed by atoms with Gasteiger partial charge in [-0.3, -0.25) is 14.4 Å². The van der Waals surface area contributed by atoms with Gasteiger partial charge in [0.05, 0.1) is 0 Å². The van der Waals surface area contributed by atoms with E-state index in [4.69, 9.17) is 14.2 Å². The minimum absolute atomic E-state index is 0.103. The number of unbranched alkanes of at least 4 members (excludes halogenated alkanes) is 17. The van der Waals surface area contributed by atoms with Gasteiger partial charge in [-0.05, 0) is 96.3 Å². The fraction of sp³-hybridized carbons (Fsp3) is 0.700. The molecule has 0 N–H and O–H groups in total. The quantitative estimate of drug-likeness (QED) is 0.0267. The highest BCUT2D eigenvalue weighted by atomic mass is 16.6. The molecular formula is C50H84O6. The summed E-state index contributed by atoms with van der Waals surface area (Å²) in [7, 11) is 0. The van der Waals surface area contributed by atoms with Gasteiger partial charge in [0, 0.05) is 19.3 Å². The topological polar surface area (TPSA) is 78.9 Å². The van der Waals surface area contributed by atoms with Crippen LogP contribution in [0.5, 0.6) is 0 Å². The van der Waals surface area contributed by atoms with Crippen LogP contribution in [0.15, 0.2) is 72.9 Å². The molecule has 0 aromatic carbocycles. The summed E-state index contributed by atoms with van der Waals surface area (Å²) in [6, 6.07) is 0. The predicted molar refractivity (Wildman–Crippen MR) is 238 cm³/mol. The van der Waals surface area contributed by atoms with Gasteiger partial charge >= 0.3 is 17.9 Å². The Labute approximate surface area is 344 Å². The number of rotatable bonds is 40. The van der Waals surface area contributed by atoms with Crippen molar-refractivity contribution < 1.29 is 28.6 Å². The molecule has 0 saturated heterocycles. The molecule has 0 aliphatic carbocycles. The summed E-state index contributed by atoms with van der Waals surface area (Å²) in [5.74, 6) is -0.991. The normalized spacial score (nSPS) is 12.7. The Morgan fingerprint density at radius 1 is 0.357 bits per heavy atom. The average Bonchev–Trinajstić information content (AvgIpc) is 3.19. The Bertz CT molecular complexity index is 1080. The summed E-state index contributed by atoms with van der Waals surface area (Å²) in [6.45, 7) is 6.44. The van der Waals surface area contributed by atoms with Gasteiger partial charge in [-0.1, -0.05) is 164 Å². The van der Waals surface area contributed by atoms with Crippen molar-refractivity contribution in [2.45, 2.75) is 213 Å². The zero-order chi connectivity index (χ0) is 40.8. The molecule has 0 amide bonds. The van der Waals surface area contributed by atoms with Crippen LogP contribution in [0.2, 0.25) is 0 Å². The smallest absolute Gasteiger partial charge is 0.306 e. The Morgan fingerprint density at radius 2 is 0.679 bits per heavy atom. The van der Waals surface area contributed by atoms with Crippen molar-refractivity contribution in [1.82, 2.24) is 0 Å². The van der Waals surface area contributed by atoms with Crippen LogP contribution in [0.4, 0.5) is 0 Å². The number of hydrogen-bond acceptors (Lipinski definition) is 6. The molecule has 56 heavy (non-hydrogen) atoms. The lowest BCUT2D eigenvalue weighted by atomic mass is 10.1. The Morgan fingerprint density at radius 3 is 1.14 bits per heavy atom. The summed E-state index contributed by atoms with van der Waals surface area (Å²) < 4.78 is 16.6. The highest BCUT2D eigenvalue weighted by molar-refractivity contribution is 5.71. The fourth-order valence-corrected chi connectivity index (χ4v) is 5.86. The standard InChI is InChI=1S/C50H84O6/c1-4-7-10-13-16-19-22-23-24-25-26-27-29-31-34-37-40-43-49(52)55-46-47(45-54-48(51)42-39-36-33-30-21-18-15-12-9-6-3)56-50(53)44-41-38-35-32-28-20-17-14-11-8-5-2/h14-19,23-24,26-27,31,34,47H,4-13,20-22,25,28-30,32-33,35-46H2,1-3H3/b17-14-,18-15-,19-16-,24-23-,27-26-,34-31-. The van der Waals surface area contributed by atoms with E-state index in [0.717, 1.165) is 96.3 Å². The number of carbonyl (C=O) groups is 3. The second-order valence-electron chi connectivity index (χ2n) is 14.9. The highest BCUT2D eigenvalue weighted by Crippen LogP contribution is 2.12. The van der Waals surface area contributed by atoms with Crippen LogP contribution >= 0.6 is 0 Å². The van der Waals surface area contributed by atoms with E-state index >= 15 is 0 Å². The maximum atomic E-state index is 12.7.